The lowest BCUT2D eigenvalue weighted by Gasteiger charge is -2.38. The fourth-order valence-corrected chi connectivity index (χ4v) is 4.69. The van der Waals surface area contributed by atoms with Crippen LogP contribution in [0.2, 0.25) is 0 Å². The summed E-state index contributed by atoms with van der Waals surface area (Å²) in [6.45, 7) is 7.31. The molecule has 1 heterocycles. The van der Waals surface area contributed by atoms with Gasteiger partial charge in [0, 0.05) is 18.7 Å². The van der Waals surface area contributed by atoms with Gasteiger partial charge in [-0.3, -0.25) is 9.69 Å². The molecule has 0 saturated carbocycles. The number of amides is 1. The van der Waals surface area contributed by atoms with Gasteiger partial charge in [-0.2, -0.15) is 30.7 Å². The van der Waals surface area contributed by atoms with Gasteiger partial charge in [0.15, 0.2) is 0 Å². The number of benzene rings is 2. The van der Waals surface area contributed by atoms with Crippen LogP contribution in [-0.4, -0.2) is 45.9 Å². The van der Waals surface area contributed by atoms with Gasteiger partial charge in [0.2, 0.25) is 0 Å². The SMILES string of the molecule is CC(C)=CCC/C(C)=C/CC/C(C)=C/CN1C(=O)c2cccc(O)c2N(C(F)(F)C(F)(F)C(F)(F)F)c2c(O)cc(O)cc21. The number of nitrogens with zero attached hydrogens (tertiary/aromatic N) is 2. The number of aromatic hydroxyl groups is 3. The highest BCUT2D eigenvalue weighted by Gasteiger charge is 2.76. The molecule has 2 aromatic rings. The van der Waals surface area contributed by atoms with E-state index in [1.807, 2.05) is 26.8 Å². The number of anilines is 3. The Kier molecular flexibility index (Phi) is 10.0. The molecule has 13 heteroatoms. The first-order chi connectivity index (χ1) is 20.3. The van der Waals surface area contributed by atoms with E-state index in [1.54, 1.807) is 6.92 Å². The monoisotopic (exact) mass is 630 g/mol. The fourth-order valence-electron chi connectivity index (χ4n) is 4.69. The van der Waals surface area contributed by atoms with Gasteiger partial charge in [-0.15, -0.1) is 0 Å². The zero-order valence-corrected chi connectivity index (χ0v) is 24.4. The summed E-state index contributed by atoms with van der Waals surface area (Å²) in [6.07, 6.45) is 1.79. The first kappa shape index (κ1) is 34.3. The van der Waals surface area contributed by atoms with E-state index in [-0.39, 0.29) is 0 Å². The number of carbonyl (C=O) groups excluding carboxylic acids is 1. The number of hydrogen-bond donors (Lipinski definition) is 3. The van der Waals surface area contributed by atoms with Gasteiger partial charge >= 0.3 is 18.1 Å². The molecule has 1 amide bonds. The van der Waals surface area contributed by atoms with Crippen LogP contribution in [0.15, 0.2) is 65.3 Å². The molecule has 0 atom stereocenters. The quantitative estimate of drug-likeness (QED) is 0.139. The van der Waals surface area contributed by atoms with Crippen molar-refractivity contribution in [2.75, 3.05) is 16.3 Å². The topological polar surface area (TPSA) is 84.2 Å². The third kappa shape index (κ3) is 6.81. The number of phenolic OH excluding ortho intramolecular Hbond substituents is 3. The number of fused-ring (bicyclic) bond motifs is 2. The van der Waals surface area contributed by atoms with Gasteiger partial charge in [0.05, 0.1) is 11.3 Å². The van der Waals surface area contributed by atoms with Crippen molar-refractivity contribution in [1.82, 2.24) is 0 Å². The fraction of sp³-hybridized carbons (Fsp3) is 0.387. The van der Waals surface area contributed by atoms with E-state index in [0.717, 1.165) is 41.0 Å². The molecule has 240 valence electrons. The smallest absolute Gasteiger partial charge is 0.462 e. The van der Waals surface area contributed by atoms with Crippen molar-refractivity contribution in [1.29, 1.82) is 0 Å². The summed E-state index contributed by atoms with van der Waals surface area (Å²) in [5, 5.41) is 31.2. The van der Waals surface area contributed by atoms with Crippen molar-refractivity contribution in [2.45, 2.75) is 71.5 Å². The molecule has 44 heavy (non-hydrogen) atoms. The molecule has 0 saturated heterocycles. The first-order valence-corrected chi connectivity index (χ1v) is 13.6. The molecule has 0 fully saturated rings. The van der Waals surface area contributed by atoms with Gasteiger partial charge in [-0.1, -0.05) is 41.0 Å². The summed E-state index contributed by atoms with van der Waals surface area (Å²) >= 11 is 0. The maximum atomic E-state index is 15.5. The maximum Gasteiger partial charge on any atom is 0.462 e. The summed E-state index contributed by atoms with van der Waals surface area (Å²) in [5.74, 6) is -11.3. The van der Waals surface area contributed by atoms with Crippen molar-refractivity contribution in [2.24, 2.45) is 0 Å². The summed E-state index contributed by atoms with van der Waals surface area (Å²) < 4.78 is 99.8. The molecule has 0 aromatic heterocycles. The summed E-state index contributed by atoms with van der Waals surface area (Å²) in [6, 6.07) is -2.47. The molecule has 2 aromatic carbocycles. The molecule has 0 spiro atoms. The van der Waals surface area contributed by atoms with Crippen LogP contribution in [-0.2, 0) is 0 Å². The number of allylic oxidation sites excluding steroid dienone is 5. The molecule has 0 bridgehead atoms. The Morgan fingerprint density at radius 3 is 1.98 bits per heavy atom. The van der Waals surface area contributed by atoms with Crippen LogP contribution in [0.4, 0.5) is 47.8 Å². The molecule has 6 nitrogen and oxygen atoms in total. The highest BCUT2D eigenvalue weighted by atomic mass is 19.4. The minimum Gasteiger partial charge on any atom is -0.508 e. The second-order valence-electron chi connectivity index (χ2n) is 10.8. The van der Waals surface area contributed by atoms with Crippen molar-refractivity contribution < 1.29 is 50.8 Å². The minimum atomic E-state index is -6.78. The molecular weight excluding hydrogens is 597 g/mol. The Hall–Kier alpha value is -4.16. The summed E-state index contributed by atoms with van der Waals surface area (Å²) in [5.41, 5.74) is -1.29. The number of halogens is 7. The van der Waals surface area contributed by atoms with Crippen molar-refractivity contribution in [3.63, 3.8) is 0 Å². The highest BCUT2D eigenvalue weighted by molar-refractivity contribution is 6.15. The number of hydrogen-bond acceptors (Lipinski definition) is 5. The van der Waals surface area contributed by atoms with Crippen molar-refractivity contribution in [3.8, 4) is 17.2 Å². The lowest BCUT2D eigenvalue weighted by molar-refractivity contribution is -0.352. The normalized spacial score (nSPS) is 14.8. The van der Waals surface area contributed by atoms with Crippen LogP contribution in [0.1, 0.15) is 63.7 Å². The minimum absolute atomic E-state index is 0.409. The third-order valence-electron chi connectivity index (χ3n) is 7.04. The van der Waals surface area contributed by atoms with Crippen LogP contribution >= 0.6 is 0 Å². The van der Waals surface area contributed by atoms with Crippen LogP contribution in [0, 0.1) is 0 Å². The Morgan fingerprint density at radius 1 is 0.795 bits per heavy atom. The molecule has 1 aliphatic rings. The molecule has 0 aliphatic carbocycles. The zero-order chi connectivity index (χ0) is 33.2. The van der Waals surface area contributed by atoms with Gasteiger partial charge in [-0.25, -0.2) is 0 Å². The van der Waals surface area contributed by atoms with E-state index < -0.39 is 75.4 Å². The summed E-state index contributed by atoms with van der Waals surface area (Å²) in [7, 11) is 0. The maximum absolute atomic E-state index is 15.5. The predicted octanol–water partition coefficient (Wildman–Crippen LogP) is 9.11. The zero-order valence-electron chi connectivity index (χ0n) is 24.4. The Labute approximate surface area is 250 Å². The van der Waals surface area contributed by atoms with E-state index in [9.17, 15) is 42.1 Å². The van der Waals surface area contributed by atoms with E-state index in [1.165, 1.54) is 11.6 Å². The largest absolute Gasteiger partial charge is 0.508 e. The molecular formula is C31H33F7N2O4. The van der Waals surface area contributed by atoms with E-state index >= 15 is 8.78 Å². The molecule has 0 unspecified atom stereocenters. The Bertz CT molecular complexity index is 1490. The summed E-state index contributed by atoms with van der Waals surface area (Å²) in [4.78, 5) is 13.5. The number of rotatable bonds is 10. The van der Waals surface area contributed by atoms with Crippen LogP contribution < -0.4 is 9.80 Å². The predicted molar refractivity (Wildman–Crippen MR) is 153 cm³/mol. The Balaban J connectivity index is 2.11. The first-order valence-electron chi connectivity index (χ1n) is 13.6. The highest BCUT2D eigenvalue weighted by Crippen LogP contribution is 2.58. The number of alkyl halides is 7. The van der Waals surface area contributed by atoms with Gasteiger partial charge in [0.1, 0.15) is 28.6 Å². The molecule has 3 N–H and O–H groups in total. The lowest BCUT2D eigenvalue weighted by atomic mass is 10.1. The van der Waals surface area contributed by atoms with Gasteiger partial charge in [0.25, 0.3) is 5.91 Å². The second-order valence-corrected chi connectivity index (χ2v) is 10.8. The average Bonchev–Trinajstić information content (AvgIpc) is 3.00. The third-order valence-corrected chi connectivity index (χ3v) is 7.04. The molecule has 1 aliphatic heterocycles. The van der Waals surface area contributed by atoms with E-state index in [4.69, 9.17) is 0 Å². The number of carbonyl (C=O) groups is 1. The van der Waals surface area contributed by atoms with Gasteiger partial charge in [-0.05, 0) is 65.5 Å². The molecule has 3 rings (SSSR count). The van der Waals surface area contributed by atoms with Crippen molar-refractivity contribution >= 4 is 23.0 Å². The van der Waals surface area contributed by atoms with Crippen LogP contribution in [0.5, 0.6) is 17.2 Å². The second kappa shape index (κ2) is 12.8. The van der Waals surface area contributed by atoms with Crippen LogP contribution in [0.3, 0.4) is 0 Å². The van der Waals surface area contributed by atoms with E-state index in [0.29, 0.717) is 31.0 Å². The standard InChI is InChI=1S/C31H33F7N2O4/c1-18(2)8-5-9-19(3)10-6-11-20(4)14-15-39-23-16-21(41)17-25(43)27(23)40(31(37,38)29(32,33)30(34,35)36)26-22(28(39)44)12-7-13-24(26)42/h7-8,10,12-14,16-17,41-43H,5-6,9,11,15H2,1-4H3/b19-10+,20-14+. The van der Waals surface area contributed by atoms with Crippen molar-refractivity contribution in [3.05, 3.63) is 70.8 Å². The average molecular weight is 631 g/mol. The lowest BCUT2D eigenvalue weighted by Crippen LogP contribution is -2.60. The van der Waals surface area contributed by atoms with Gasteiger partial charge < -0.3 is 20.2 Å². The number of para-hydroxylation sites is 1. The Morgan fingerprint density at radius 2 is 1.39 bits per heavy atom. The van der Waals surface area contributed by atoms with Crippen LogP contribution in [0.25, 0.3) is 0 Å². The number of phenols is 3. The molecule has 0 radical (unpaired) electrons. The van der Waals surface area contributed by atoms with E-state index in [2.05, 4.69) is 6.08 Å².